The minimum absolute atomic E-state index is 0.255. The Labute approximate surface area is 183 Å². The third kappa shape index (κ3) is 5.91. The highest BCUT2D eigenvalue weighted by Crippen LogP contribution is 2.21. The SMILES string of the molecule is CCc1cccc(C)c1NC(=S)NC(=O)c1ccc(OCCc2ccccc2)cc1. The lowest BCUT2D eigenvalue weighted by Crippen LogP contribution is -2.34. The van der Waals surface area contributed by atoms with Crippen LogP contribution in [0.1, 0.15) is 34.0 Å². The molecule has 0 heterocycles. The monoisotopic (exact) mass is 418 g/mol. The molecule has 0 atom stereocenters. The van der Waals surface area contributed by atoms with E-state index in [-0.39, 0.29) is 11.0 Å². The van der Waals surface area contributed by atoms with Gasteiger partial charge in [0.15, 0.2) is 5.11 Å². The molecule has 0 aliphatic rings. The van der Waals surface area contributed by atoms with Crippen molar-refractivity contribution < 1.29 is 9.53 Å². The van der Waals surface area contributed by atoms with E-state index in [1.807, 2.05) is 37.3 Å². The average molecular weight is 419 g/mol. The van der Waals surface area contributed by atoms with Crippen LogP contribution in [0.4, 0.5) is 5.69 Å². The predicted molar refractivity (Wildman–Crippen MR) is 126 cm³/mol. The smallest absolute Gasteiger partial charge is 0.257 e. The lowest BCUT2D eigenvalue weighted by atomic mass is 10.1. The van der Waals surface area contributed by atoms with Crippen LogP contribution in [0.2, 0.25) is 0 Å². The number of carbonyl (C=O) groups excluding carboxylic acids is 1. The molecule has 0 saturated heterocycles. The molecule has 3 aromatic rings. The predicted octanol–water partition coefficient (Wildman–Crippen LogP) is 5.31. The zero-order valence-corrected chi connectivity index (χ0v) is 18.1. The van der Waals surface area contributed by atoms with Gasteiger partial charge >= 0.3 is 0 Å². The van der Waals surface area contributed by atoms with Gasteiger partial charge in [0.1, 0.15) is 5.75 Å². The Balaban J connectivity index is 1.52. The highest BCUT2D eigenvalue weighted by molar-refractivity contribution is 7.80. The largest absolute Gasteiger partial charge is 0.493 e. The number of carbonyl (C=O) groups is 1. The Morgan fingerprint density at radius 2 is 1.70 bits per heavy atom. The summed E-state index contributed by atoms with van der Waals surface area (Å²) in [5.41, 5.74) is 4.95. The maximum absolute atomic E-state index is 12.5. The third-order valence-corrected chi connectivity index (χ3v) is 5.03. The average Bonchev–Trinajstić information content (AvgIpc) is 2.76. The van der Waals surface area contributed by atoms with Gasteiger partial charge in [-0.25, -0.2) is 0 Å². The van der Waals surface area contributed by atoms with Crippen molar-refractivity contribution in [3.05, 3.63) is 95.1 Å². The van der Waals surface area contributed by atoms with E-state index >= 15 is 0 Å². The van der Waals surface area contributed by atoms with Gasteiger partial charge in [0.2, 0.25) is 0 Å². The summed E-state index contributed by atoms with van der Waals surface area (Å²) in [6, 6.07) is 23.3. The first-order valence-electron chi connectivity index (χ1n) is 10.0. The van der Waals surface area contributed by atoms with Gasteiger partial charge in [0, 0.05) is 17.7 Å². The van der Waals surface area contributed by atoms with E-state index in [2.05, 4.69) is 35.8 Å². The van der Waals surface area contributed by atoms with Crippen molar-refractivity contribution in [2.24, 2.45) is 0 Å². The van der Waals surface area contributed by atoms with Gasteiger partial charge in [0.25, 0.3) is 5.91 Å². The van der Waals surface area contributed by atoms with E-state index in [0.29, 0.717) is 12.2 Å². The lowest BCUT2D eigenvalue weighted by molar-refractivity contribution is 0.0977. The van der Waals surface area contributed by atoms with Crippen molar-refractivity contribution in [1.82, 2.24) is 5.32 Å². The second kappa shape index (κ2) is 10.6. The molecular weight excluding hydrogens is 392 g/mol. The van der Waals surface area contributed by atoms with E-state index in [1.165, 1.54) is 5.56 Å². The summed E-state index contributed by atoms with van der Waals surface area (Å²) in [5, 5.41) is 6.19. The molecule has 4 nitrogen and oxygen atoms in total. The van der Waals surface area contributed by atoms with E-state index in [0.717, 1.165) is 35.4 Å². The van der Waals surface area contributed by atoms with Crippen LogP contribution >= 0.6 is 12.2 Å². The van der Waals surface area contributed by atoms with Crippen molar-refractivity contribution in [2.75, 3.05) is 11.9 Å². The first-order valence-corrected chi connectivity index (χ1v) is 10.4. The number of hydrogen-bond donors (Lipinski definition) is 2. The quantitative estimate of drug-likeness (QED) is 0.511. The summed E-state index contributed by atoms with van der Waals surface area (Å²) in [6.07, 6.45) is 1.72. The van der Waals surface area contributed by atoms with Crippen LogP contribution in [0.25, 0.3) is 0 Å². The molecule has 0 aromatic heterocycles. The standard InChI is InChI=1S/C25H26N2O2S/c1-3-20-11-7-8-18(2)23(20)26-25(30)27-24(28)21-12-14-22(15-13-21)29-17-16-19-9-5-4-6-10-19/h4-15H,3,16-17H2,1-2H3,(H2,26,27,28,30). The Bertz CT molecular complexity index is 1000. The Morgan fingerprint density at radius 1 is 0.967 bits per heavy atom. The zero-order chi connectivity index (χ0) is 21.3. The van der Waals surface area contributed by atoms with Crippen molar-refractivity contribution in [3.63, 3.8) is 0 Å². The molecule has 0 saturated carbocycles. The number of aryl methyl sites for hydroxylation is 2. The molecule has 1 amide bonds. The van der Waals surface area contributed by atoms with Crippen molar-refractivity contribution in [1.29, 1.82) is 0 Å². The highest BCUT2D eigenvalue weighted by atomic mass is 32.1. The molecular formula is C25H26N2O2S. The molecule has 0 bridgehead atoms. The van der Waals surface area contributed by atoms with Gasteiger partial charge < -0.3 is 10.1 Å². The topological polar surface area (TPSA) is 50.4 Å². The van der Waals surface area contributed by atoms with Gasteiger partial charge in [-0.1, -0.05) is 55.5 Å². The molecule has 5 heteroatoms. The van der Waals surface area contributed by atoms with E-state index < -0.39 is 0 Å². The summed E-state index contributed by atoms with van der Waals surface area (Å²) in [5.74, 6) is 0.477. The van der Waals surface area contributed by atoms with Crippen LogP contribution in [0.15, 0.2) is 72.8 Å². The van der Waals surface area contributed by atoms with Gasteiger partial charge in [-0.15, -0.1) is 0 Å². The molecule has 0 fully saturated rings. The minimum Gasteiger partial charge on any atom is -0.493 e. The number of anilines is 1. The number of rotatable bonds is 7. The second-order valence-corrected chi connectivity index (χ2v) is 7.39. The van der Waals surface area contributed by atoms with Crippen LogP contribution in [0, 0.1) is 6.92 Å². The maximum atomic E-state index is 12.5. The first kappa shape index (κ1) is 21.5. The van der Waals surface area contributed by atoms with E-state index in [1.54, 1.807) is 24.3 Å². The molecule has 0 spiro atoms. The fourth-order valence-electron chi connectivity index (χ4n) is 3.16. The van der Waals surface area contributed by atoms with Gasteiger partial charge in [-0.2, -0.15) is 0 Å². The summed E-state index contributed by atoms with van der Waals surface area (Å²) in [6.45, 7) is 4.69. The number of benzene rings is 3. The molecule has 0 radical (unpaired) electrons. The number of ether oxygens (including phenoxy) is 1. The van der Waals surface area contributed by atoms with Gasteiger partial charge in [-0.05, 0) is 66.5 Å². The molecule has 30 heavy (non-hydrogen) atoms. The molecule has 3 rings (SSSR count). The molecule has 0 aliphatic heterocycles. The van der Waals surface area contributed by atoms with E-state index in [9.17, 15) is 4.79 Å². The maximum Gasteiger partial charge on any atom is 0.257 e. The lowest BCUT2D eigenvalue weighted by Gasteiger charge is -2.15. The minimum atomic E-state index is -0.255. The fourth-order valence-corrected chi connectivity index (χ4v) is 3.35. The number of amides is 1. The fraction of sp³-hybridized carbons (Fsp3) is 0.200. The third-order valence-electron chi connectivity index (χ3n) is 4.82. The summed E-state index contributed by atoms with van der Waals surface area (Å²) in [7, 11) is 0. The first-order chi connectivity index (χ1) is 14.6. The van der Waals surface area contributed by atoms with Crippen LogP contribution in [-0.2, 0) is 12.8 Å². The number of nitrogens with one attached hydrogen (secondary N) is 2. The molecule has 2 N–H and O–H groups in total. The van der Waals surface area contributed by atoms with Gasteiger partial charge in [-0.3, -0.25) is 10.1 Å². The number of para-hydroxylation sites is 1. The zero-order valence-electron chi connectivity index (χ0n) is 17.3. The van der Waals surface area contributed by atoms with Crippen LogP contribution in [-0.4, -0.2) is 17.6 Å². The molecule has 0 unspecified atom stereocenters. The van der Waals surface area contributed by atoms with Crippen molar-refractivity contribution in [3.8, 4) is 5.75 Å². The number of thiocarbonyl (C=S) groups is 1. The summed E-state index contributed by atoms with van der Waals surface area (Å²) in [4.78, 5) is 12.5. The molecule has 0 aliphatic carbocycles. The summed E-state index contributed by atoms with van der Waals surface area (Å²) >= 11 is 5.34. The second-order valence-electron chi connectivity index (χ2n) is 6.98. The van der Waals surface area contributed by atoms with Crippen LogP contribution in [0.5, 0.6) is 5.75 Å². The Hall–Kier alpha value is -3.18. The Morgan fingerprint density at radius 3 is 2.40 bits per heavy atom. The Kier molecular flexibility index (Phi) is 7.57. The van der Waals surface area contributed by atoms with Crippen molar-refractivity contribution >= 4 is 28.9 Å². The van der Waals surface area contributed by atoms with Crippen LogP contribution in [0.3, 0.4) is 0 Å². The summed E-state index contributed by atoms with van der Waals surface area (Å²) < 4.78 is 5.77. The highest BCUT2D eigenvalue weighted by Gasteiger charge is 2.11. The normalized spacial score (nSPS) is 10.3. The molecule has 154 valence electrons. The van der Waals surface area contributed by atoms with E-state index in [4.69, 9.17) is 17.0 Å². The van der Waals surface area contributed by atoms with Crippen molar-refractivity contribution in [2.45, 2.75) is 26.7 Å². The number of hydrogen-bond acceptors (Lipinski definition) is 3. The van der Waals surface area contributed by atoms with Crippen LogP contribution < -0.4 is 15.4 Å². The molecule has 3 aromatic carbocycles. The van der Waals surface area contributed by atoms with Gasteiger partial charge in [0.05, 0.1) is 6.61 Å².